The van der Waals surface area contributed by atoms with Gasteiger partial charge in [0.15, 0.2) is 0 Å². The molecular weight excluding hydrogens is 478 g/mol. The van der Waals surface area contributed by atoms with Crippen LogP contribution in [0.1, 0.15) is 49.4 Å². The van der Waals surface area contributed by atoms with Crippen LogP contribution < -0.4 is 20.7 Å². The van der Waals surface area contributed by atoms with E-state index in [1.54, 1.807) is 24.3 Å². The Morgan fingerprint density at radius 3 is 2.51 bits per heavy atom. The van der Waals surface area contributed by atoms with Gasteiger partial charge in [0.2, 0.25) is 17.7 Å². The first kappa shape index (κ1) is 28.4. The fraction of sp³-hybridized carbons (Fsp3) is 0.615. The molecule has 37 heavy (non-hydrogen) atoms. The van der Waals surface area contributed by atoms with Crippen LogP contribution in [0, 0.1) is 0 Å². The number of fused-ring (bicyclic) bond motifs is 1. The quantitative estimate of drug-likeness (QED) is 0.427. The lowest BCUT2D eigenvalue weighted by molar-refractivity contribution is -0.139. The number of hydrogen-bond donors (Lipinski definition) is 4. The molecule has 0 bridgehead atoms. The molecule has 4 N–H and O–H groups in total. The number of nitrogens with zero attached hydrogens (tertiary/aromatic N) is 2. The molecule has 204 valence electrons. The zero-order chi connectivity index (χ0) is 26.8. The van der Waals surface area contributed by atoms with Crippen LogP contribution in [0.15, 0.2) is 24.3 Å². The Hall–Kier alpha value is -3.18. The number of carbonyl (C=O) groups excluding carboxylic acids is 4. The number of nitrogens with one attached hydrogen (secondary N) is 3. The molecule has 3 atom stereocenters. The molecular formula is C26H39N5O6. The highest BCUT2D eigenvalue weighted by Gasteiger charge is 2.32. The fourth-order valence-corrected chi connectivity index (χ4v) is 4.49. The summed E-state index contributed by atoms with van der Waals surface area (Å²) >= 11 is 0. The standard InChI is InChI=1S/C26H39N5O6/c1-18(32)23-26(36)30(2)15-16-37-21-10-6-5-9-19(21)24(34)28-20(17-22(33)29-23)25(35)27-11-14-31-12-7-3-4-8-13-31/h5-6,9-10,18,20,23,32H,3-4,7-8,11-17H2,1-2H3,(H,27,35)(H,28,34)(H,29,33)/t18-,20+,23+/m1/s1. The Labute approximate surface area is 217 Å². The van der Waals surface area contributed by atoms with E-state index in [4.69, 9.17) is 4.74 Å². The lowest BCUT2D eigenvalue weighted by atomic mass is 10.1. The molecule has 1 saturated heterocycles. The van der Waals surface area contributed by atoms with Crippen LogP contribution in [0.3, 0.4) is 0 Å². The van der Waals surface area contributed by atoms with E-state index in [1.807, 2.05) is 0 Å². The van der Waals surface area contributed by atoms with Gasteiger partial charge in [0.05, 0.1) is 24.6 Å². The minimum atomic E-state index is -1.20. The Morgan fingerprint density at radius 2 is 1.81 bits per heavy atom. The molecule has 1 fully saturated rings. The molecule has 3 rings (SSSR count). The van der Waals surface area contributed by atoms with Gasteiger partial charge >= 0.3 is 0 Å². The highest BCUT2D eigenvalue weighted by atomic mass is 16.5. The SMILES string of the molecule is C[C@@H](O)[C@@H]1NC(=O)C[C@@H](C(=O)NCCN2CCCCCC2)NC(=O)c2ccccc2OCCN(C)C1=O. The van der Waals surface area contributed by atoms with Crippen molar-refractivity contribution in [3.8, 4) is 5.75 Å². The van der Waals surface area contributed by atoms with Gasteiger partial charge in [-0.2, -0.15) is 0 Å². The summed E-state index contributed by atoms with van der Waals surface area (Å²) in [6, 6.07) is 4.21. The van der Waals surface area contributed by atoms with Gasteiger partial charge in [-0.3, -0.25) is 19.2 Å². The van der Waals surface area contributed by atoms with E-state index in [2.05, 4.69) is 20.9 Å². The number of aliphatic hydroxyl groups is 1. The Balaban J connectivity index is 1.77. The van der Waals surface area contributed by atoms with Gasteiger partial charge in [-0.25, -0.2) is 0 Å². The van der Waals surface area contributed by atoms with Crippen LogP contribution in [0.25, 0.3) is 0 Å². The van der Waals surface area contributed by atoms with Crippen molar-refractivity contribution in [1.82, 2.24) is 25.8 Å². The van der Waals surface area contributed by atoms with Gasteiger partial charge in [0.25, 0.3) is 5.91 Å². The number of carbonyl (C=O) groups is 4. The van der Waals surface area contributed by atoms with E-state index in [0.29, 0.717) is 18.8 Å². The zero-order valence-corrected chi connectivity index (χ0v) is 21.7. The summed E-state index contributed by atoms with van der Waals surface area (Å²) in [6.45, 7) is 4.70. The Morgan fingerprint density at radius 1 is 1.11 bits per heavy atom. The van der Waals surface area contributed by atoms with E-state index >= 15 is 0 Å². The summed E-state index contributed by atoms with van der Waals surface area (Å²) in [5, 5.41) is 18.2. The van der Waals surface area contributed by atoms with Crippen molar-refractivity contribution in [2.24, 2.45) is 0 Å². The molecule has 1 aromatic rings. The lowest BCUT2D eigenvalue weighted by Gasteiger charge is -2.28. The smallest absolute Gasteiger partial charge is 0.255 e. The van der Waals surface area contributed by atoms with Crippen molar-refractivity contribution < 1.29 is 29.0 Å². The van der Waals surface area contributed by atoms with Gasteiger partial charge in [-0.1, -0.05) is 25.0 Å². The highest BCUT2D eigenvalue weighted by Crippen LogP contribution is 2.18. The number of hydrogen-bond acceptors (Lipinski definition) is 7. The highest BCUT2D eigenvalue weighted by molar-refractivity contribution is 6.01. The van der Waals surface area contributed by atoms with Crippen LogP contribution in [-0.2, 0) is 14.4 Å². The number of rotatable bonds is 5. The minimum Gasteiger partial charge on any atom is -0.491 e. The minimum absolute atomic E-state index is 0.0907. The Kier molecular flexibility index (Phi) is 10.7. The number of amides is 4. The average Bonchev–Trinajstić information content (AvgIpc) is 3.14. The number of likely N-dealkylation sites (tertiary alicyclic amines) is 1. The molecule has 11 nitrogen and oxygen atoms in total. The van der Waals surface area contributed by atoms with Crippen LogP contribution in [0.5, 0.6) is 5.75 Å². The van der Waals surface area contributed by atoms with Crippen LogP contribution in [-0.4, -0.2) is 103 Å². The zero-order valence-electron chi connectivity index (χ0n) is 21.7. The number of ether oxygens (including phenoxy) is 1. The molecule has 1 aromatic carbocycles. The first-order valence-electron chi connectivity index (χ1n) is 13.0. The van der Waals surface area contributed by atoms with Crippen molar-refractivity contribution in [1.29, 1.82) is 0 Å². The van der Waals surface area contributed by atoms with Crippen molar-refractivity contribution in [3.05, 3.63) is 29.8 Å². The summed E-state index contributed by atoms with van der Waals surface area (Å²) in [7, 11) is 1.54. The summed E-state index contributed by atoms with van der Waals surface area (Å²) in [5.41, 5.74) is 0.221. The maximum absolute atomic E-state index is 13.1. The molecule has 11 heteroatoms. The molecule has 2 heterocycles. The van der Waals surface area contributed by atoms with E-state index in [1.165, 1.54) is 31.7 Å². The first-order valence-corrected chi connectivity index (χ1v) is 13.0. The molecule has 2 aliphatic heterocycles. The average molecular weight is 518 g/mol. The van der Waals surface area contributed by atoms with Gasteiger partial charge < -0.3 is 35.6 Å². The third kappa shape index (κ3) is 8.43. The second-order valence-corrected chi connectivity index (χ2v) is 9.67. The van der Waals surface area contributed by atoms with E-state index in [9.17, 15) is 24.3 Å². The van der Waals surface area contributed by atoms with E-state index < -0.39 is 48.2 Å². The van der Waals surface area contributed by atoms with Crippen LogP contribution in [0.2, 0.25) is 0 Å². The molecule has 0 aliphatic carbocycles. The molecule has 0 unspecified atom stereocenters. The van der Waals surface area contributed by atoms with Gasteiger partial charge in [0, 0.05) is 20.1 Å². The summed E-state index contributed by atoms with van der Waals surface area (Å²) in [4.78, 5) is 55.6. The molecule has 0 saturated carbocycles. The number of likely N-dealkylation sites (N-methyl/N-ethyl adjacent to an activating group) is 1. The molecule has 2 aliphatic rings. The largest absolute Gasteiger partial charge is 0.491 e. The number of para-hydroxylation sites is 1. The van der Waals surface area contributed by atoms with E-state index in [-0.39, 0.29) is 18.7 Å². The van der Waals surface area contributed by atoms with Gasteiger partial charge in [-0.15, -0.1) is 0 Å². The van der Waals surface area contributed by atoms with Crippen molar-refractivity contribution in [2.45, 2.75) is 57.2 Å². The second-order valence-electron chi connectivity index (χ2n) is 9.67. The van der Waals surface area contributed by atoms with Gasteiger partial charge in [-0.05, 0) is 45.0 Å². The molecule has 0 aromatic heterocycles. The van der Waals surface area contributed by atoms with E-state index in [0.717, 1.165) is 25.9 Å². The topological polar surface area (TPSA) is 140 Å². The third-order valence-electron chi connectivity index (χ3n) is 6.69. The van der Waals surface area contributed by atoms with Crippen molar-refractivity contribution in [2.75, 3.05) is 46.4 Å². The van der Waals surface area contributed by atoms with Crippen LogP contribution >= 0.6 is 0 Å². The summed E-state index contributed by atoms with van der Waals surface area (Å²) in [5.74, 6) is -1.87. The first-order chi connectivity index (χ1) is 17.8. The van der Waals surface area contributed by atoms with Crippen molar-refractivity contribution >= 4 is 23.6 Å². The van der Waals surface area contributed by atoms with Gasteiger partial charge in [0.1, 0.15) is 24.4 Å². The summed E-state index contributed by atoms with van der Waals surface area (Å²) in [6.07, 6.45) is 3.12. The monoisotopic (exact) mass is 517 g/mol. The maximum Gasteiger partial charge on any atom is 0.255 e. The maximum atomic E-state index is 13.1. The molecule has 0 radical (unpaired) electrons. The van der Waals surface area contributed by atoms with Crippen molar-refractivity contribution in [3.63, 3.8) is 0 Å². The van der Waals surface area contributed by atoms with Crippen LogP contribution in [0.4, 0.5) is 0 Å². The predicted octanol–water partition coefficient (Wildman–Crippen LogP) is -0.116. The summed E-state index contributed by atoms with van der Waals surface area (Å²) < 4.78 is 5.77. The Bertz CT molecular complexity index is 947. The normalized spacial score (nSPS) is 23.4. The molecule has 4 amide bonds. The number of aliphatic hydroxyl groups excluding tert-OH is 1. The number of benzene rings is 1. The fourth-order valence-electron chi connectivity index (χ4n) is 4.49. The second kappa shape index (κ2) is 13.9. The third-order valence-corrected chi connectivity index (χ3v) is 6.69. The molecule has 0 spiro atoms. The lowest BCUT2D eigenvalue weighted by Crippen LogP contribution is -2.56. The predicted molar refractivity (Wildman–Crippen MR) is 137 cm³/mol.